The normalized spacial score (nSPS) is 2.20. The van der Waals surface area contributed by atoms with Gasteiger partial charge in [-0.1, -0.05) is 0 Å². The van der Waals surface area contributed by atoms with Crippen molar-refractivity contribution in [2.75, 3.05) is 0 Å². The summed E-state index contributed by atoms with van der Waals surface area (Å²) in [5, 5.41) is 8.42. The van der Waals surface area contributed by atoms with Crippen LogP contribution in [0.25, 0.3) is 0 Å². The maximum absolute atomic E-state index is 10.3. The number of nitrogens with two attached hydrogens (primary N) is 1. The van der Waals surface area contributed by atoms with E-state index in [-0.39, 0.29) is 495 Å². The van der Waals surface area contributed by atoms with Crippen molar-refractivity contribution in [3.8, 4) is 0 Å². The number of rotatable bonds is 3. The summed E-state index contributed by atoms with van der Waals surface area (Å²) in [5.41, 5.74) is 6.00. The first-order valence-corrected chi connectivity index (χ1v) is 3.16. The molecule has 0 bridgehead atoms. The van der Waals surface area contributed by atoms with Gasteiger partial charge in [-0.05, 0) is 0 Å². The number of nitrogens with zero attached hydrogens (tertiary/aromatic N) is 1. The van der Waals surface area contributed by atoms with Crippen LogP contribution in [-0.2, 0) is 483 Å². The Morgan fingerprint density at radius 2 is 0.516 bits per heavy atom. The monoisotopic (exact) mass is 3030 g/mol. The number of carboxylic acid groups (broad SMARTS) is 1. The zero-order valence-electron chi connectivity index (χ0n) is 31.5. The molecule has 0 fully saturated rings. The van der Waals surface area contributed by atoms with Crippen LogP contribution in [0.4, 0.5) is 0 Å². The Morgan fingerprint density at radius 3 is 0.594 bits per heavy atom. The Morgan fingerprint density at radius 1 is 0.391 bits per heavy atom. The fourth-order valence-electron chi connectivity index (χ4n) is 0.721. The molecule has 1 heterocycles. The molecule has 0 radical (unpaired) electrons. The van der Waals surface area contributed by atoms with Gasteiger partial charge in [-0.25, -0.2) is 4.98 Å². The van der Waals surface area contributed by atoms with Gasteiger partial charge < -0.3 is 235 Å². The summed E-state index contributed by atoms with van der Waals surface area (Å²) in [5.74, 6) is -1.00. The van der Waals surface area contributed by atoms with E-state index in [4.69, 9.17) is 10.8 Å². The number of hydrogen-bond donors (Lipinski definition) is 3. The van der Waals surface area contributed by atoms with E-state index in [0.29, 0.717) is 0 Å². The third-order valence-electron chi connectivity index (χ3n) is 1.31. The summed E-state index contributed by atoms with van der Waals surface area (Å²) in [6.07, 6.45) is 3.34. The van der Waals surface area contributed by atoms with Gasteiger partial charge in [-0.3, -0.25) is 4.79 Å². The van der Waals surface area contributed by atoms with Gasteiger partial charge in [-0.2, -0.15) is 0 Å². The average Bonchev–Trinajstić information content (AvgIpc) is 2.39. The van der Waals surface area contributed by atoms with E-state index in [2.05, 4.69) is 9.97 Å². The van der Waals surface area contributed by atoms with Crippen LogP contribution < -0.4 is 5.73 Å². The van der Waals surface area contributed by atoms with Gasteiger partial charge in [0.25, 0.3) is 0 Å². The zero-order valence-corrected chi connectivity index (χ0v) is 63.7. The molecular formula is C6H13N3O42SiW12-72. The summed E-state index contributed by atoms with van der Waals surface area (Å²) >= 11 is 0. The first kappa shape index (κ1) is 1200. The van der Waals surface area contributed by atoms with Crippen molar-refractivity contribution in [1.82, 2.24) is 9.97 Å². The molecule has 0 unspecified atom stereocenters. The number of carboxylic acids is 1. The molecule has 58 heteroatoms. The average molecular weight is 3030 g/mol. The molecule has 1 aromatic rings. The van der Waals surface area contributed by atoms with Crippen LogP contribution in [-0.4, -0.2) is 38.1 Å². The van der Waals surface area contributed by atoms with Crippen LogP contribution in [0.1, 0.15) is 11.4 Å². The zero-order chi connectivity index (χ0) is 8.27. The van der Waals surface area contributed by atoms with Crippen molar-refractivity contribution >= 4 is 16.9 Å². The summed E-state index contributed by atoms with van der Waals surface area (Å²) in [6.45, 7) is 0. The fourth-order valence-corrected chi connectivity index (χ4v) is 0.721. The van der Waals surface area contributed by atoms with Crippen molar-refractivity contribution in [3.63, 3.8) is 0 Å². The Bertz CT molecular complexity index is 332. The molecule has 0 aliphatic rings. The van der Waals surface area contributed by atoms with Crippen LogP contribution in [0.3, 0.4) is 0 Å². The number of H-pyrrole nitrogens is 1. The number of nitrogens with one attached hydrogen (secondary N) is 1. The Balaban J connectivity index is -0.000000000386. The van der Waals surface area contributed by atoms with Crippen LogP contribution in [0, 0.1) is 0 Å². The van der Waals surface area contributed by atoms with Gasteiger partial charge in [0.05, 0.1) is 6.33 Å². The number of aromatic amines is 1. The summed E-state index contributed by atoms with van der Waals surface area (Å²) in [4.78, 5) is 16.8. The quantitative estimate of drug-likeness (QED) is 0.250. The summed E-state index contributed by atoms with van der Waals surface area (Å²) in [6, 6.07) is -0.851. The predicted molar refractivity (Wildman–Crippen MR) is 75.6 cm³/mol. The van der Waals surface area contributed by atoms with Gasteiger partial charge in [-0.15, -0.1) is 0 Å². The van der Waals surface area contributed by atoms with Gasteiger partial charge >= 0.3 is 22.6 Å². The van der Waals surface area contributed by atoms with Crippen molar-refractivity contribution < 1.29 is 487 Å². The van der Waals surface area contributed by atoms with E-state index in [1.807, 2.05) is 0 Å². The molecular weight excluding hydrogens is 3020 g/mol. The predicted octanol–water partition coefficient (Wildman–Crippen LogP) is -5.35. The van der Waals surface area contributed by atoms with Crippen molar-refractivity contribution in [2.24, 2.45) is 5.73 Å². The minimum atomic E-state index is -1.00. The summed E-state index contributed by atoms with van der Waals surface area (Å²) < 4.78 is 0. The molecule has 1 aromatic heterocycles. The minimum absolute atomic E-state index is 0. The van der Waals surface area contributed by atoms with Gasteiger partial charge in [0, 0.05) is 271 Å². The summed E-state index contributed by atoms with van der Waals surface area (Å²) in [7, 11) is 0. The molecule has 0 spiro atoms. The fraction of sp³-hybridized carbons (Fsp3) is 0.333. The largest absolute Gasteiger partial charge is 4.00 e. The SMILES string of the molecule is N[C@@H](Cc1cnc[nH]1)C(=O)O.[H+].[H+].[H+].[H+].[O-2].[O-2].[O-2].[O-2].[O-2].[O-2].[O-2].[O-2].[O-2].[O-2].[O-2].[O-2].[O-2].[O-2].[O-2].[O-2].[O-2].[O-2].[O-2].[O-2].[O-2].[O-2].[O-2].[O-2].[O-2].[O-2].[O-2].[O-2].[O-2].[O-2].[O-2].[O-2].[O-2].[O-2].[O-2].[O-2].[O-2].[O-2].[O-2].[O-2].[Si+4].[W].[W].[W].[W].[W].[W].[W].[W].[W].[W].[W].[W]. The minimum Gasteiger partial charge on any atom is -2.00 e. The van der Waals surface area contributed by atoms with Gasteiger partial charge in [0.2, 0.25) is 0 Å². The smallest absolute Gasteiger partial charge is 2.00 e. The van der Waals surface area contributed by atoms with E-state index in [1.165, 1.54) is 6.33 Å². The van der Waals surface area contributed by atoms with E-state index < -0.39 is 12.0 Å². The Hall–Kier alpha value is 5.52. The topological polar surface area (TPSA) is 1230 Å². The van der Waals surface area contributed by atoms with E-state index in [0.717, 1.165) is 5.69 Å². The van der Waals surface area contributed by atoms with Crippen LogP contribution in [0.5, 0.6) is 0 Å². The van der Waals surface area contributed by atoms with Crippen LogP contribution in [0.15, 0.2) is 12.5 Å². The number of hydrogen-bond acceptors (Lipinski definition) is 3. The second kappa shape index (κ2) is 820. The van der Waals surface area contributed by atoms with E-state index in [1.54, 1.807) is 6.20 Å². The second-order valence-corrected chi connectivity index (χ2v) is 2.23. The Labute approximate surface area is 544 Å². The van der Waals surface area contributed by atoms with E-state index in [9.17, 15) is 4.79 Å². The molecule has 0 aliphatic carbocycles. The Kier molecular flexibility index (Phi) is 15300. The molecule has 0 amide bonds. The molecule has 0 aliphatic heterocycles. The molecule has 64 heavy (non-hydrogen) atoms. The molecule has 4 N–H and O–H groups in total. The first-order valence-electron chi connectivity index (χ1n) is 3.16. The van der Waals surface area contributed by atoms with Crippen molar-refractivity contribution in [1.29, 1.82) is 0 Å². The standard InChI is InChI=1S/C6H9N3O2.40O.Si.12W/c7-5(6(10)11)1-4-2-8-3-9-4;;;;;;;;;;;;;;;;;;;;;;;;;;;;;;;;;;;;;;;;;;;;;;;;;;;;;/h2-3,5H,1,7H2,(H,8,9)(H,10,11);;;;;;;;;;;;;;;;;;;;;;;;;;;;;;;;;;;;;;;;;;;;;;;;;;;;;/q;40*-2;+4;;;;;;;;;;;;/p+4/t5-;;;;;;;;;;;;;;;;;;;;;;;;;;;;;;;;;;;;;;;;;;;;;;;;;;;;;/m0...................................................../s1. The molecule has 45 nitrogen and oxygen atoms in total. The molecule has 1 rings (SSSR count). The second-order valence-electron chi connectivity index (χ2n) is 2.23. The van der Waals surface area contributed by atoms with Crippen LogP contribution >= 0.6 is 0 Å². The third kappa shape index (κ3) is 710. The van der Waals surface area contributed by atoms with Crippen molar-refractivity contribution in [3.05, 3.63) is 18.2 Å². The number of aromatic nitrogens is 2. The molecule has 0 saturated heterocycles. The van der Waals surface area contributed by atoms with Crippen LogP contribution in [0.2, 0.25) is 0 Å². The third-order valence-corrected chi connectivity index (χ3v) is 1.31. The number of carbonyl (C=O) groups is 1. The number of aliphatic carboxylic acids is 1. The molecule has 0 saturated carbocycles. The van der Waals surface area contributed by atoms with Crippen molar-refractivity contribution in [2.45, 2.75) is 12.5 Å². The number of imidazole rings is 1. The molecule has 452 valence electrons. The van der Waals surface area contributed by atoms with Gasteiger partial charge in [0.15, 0.2) is 0 Å². The maximum atomic E-state index is 10.3. The maximum Gasteiger partial charge on any atom is 4.00 e. The molecule has 0 aromatic carbocycles. The van der Waals surface area contributed by atoms with Gasteiger partial charge in [0.1, 0.15) is 6.04 Å². The first-order chi connectivity index (χ1) is 5.20. The molecule has 1 atom stereocenters. The van der Waals surface area contributed by atoms with E-state index >= 15 is 0 Å².